The van der Waals surface area contributed by atoms with Crippen molar-refractivity contribution in [2.75, 3.05) is 31.8 Å². The smallest absolute Gasteiger partial charge is 0.239 e. The Kier molecular flexibility index (Phi) is 9.57. The van der Waals surface area contributed by atoms with E-state index in [4.69, 9.17) is 14.2 Å². The fourth-order valence-corrected chi connectivity index (χ4v) is 4.15. The van der Waals surface area contributed by atoms with Crippen molar-refractivity contribution in [3.8, 4) is 34.6 Å². The van der Waals surface area contributed by atoms with Gasteiger partial charge in [-0.1, -0.05) is 26.0 Å². The van der Waals surface area contributed by atoms with Gasteiger partial charge in [-0.2, -0.15) is 5.10 Å². The van der Waals surface area contributed by atoms with Crippen molar-refractivity contribution in [1.82, 2.24) is 29.5 Å². The fraction of sp³-hybridized carbons (Fsp3) is 0.360. The lowest BCUT2D eigenvalue weighted by Crippen LogP contribution is -2.11. The predicted molar refractivity (Wildman–Crippen MR) is 143 cm³/mol. The average molecular weight is 512 g/mol. The topological polar surface area (TPSA) is 101 Å². The van der Waals surface area contributed by atoms with Gasteiger partial charge in [-0.3, -0.25) is 14.0 Å². The number of ether oxygens (including phenoxy) is 3. The van der Waals surface area contributed by atoms with Crippen LogP contribution in [-0.4, -0.2) is 56.6 Å². The van der Waals surface area contributed by atoms with Crippen LogP contribution in [0.5, 0.6) is 17.4 Å². The fourth-order valence-electron chi connectivity index (χ4n) is 3.41. The normalized spacial score (nSPS) is 11.3. The van der Waals surface area contributed by atoms with Gasteiger partial charge in [-0.15, -0.1) is 10.2 Å². The van der Waals surface area contributed by atoms with Crippen LogP contribution in [0.4, 0.5) is 5.95 Å². The molecule has 0 bridgehead atoms. The molecule has 0 saturated carbocycles. The number of nitrogens with zero attached hydrogens (tertiary/aromatic N) is 6. The summed E-state index contributed by atoms with van der Waals surface area (Å²) in [6, 6.07) is 11.3. The molecule has 11 heteroatoms. The quantitative estimate of drug-likeness (QED) is 0.288. The molecule has 0 aliphatic carbocycles. The van der Waals surface area contributed by atoms with Crippen molar-refractivity contribution in [3.05, 3.63) is 54.4 Å². The van der Waals surface area contributed by atoms with Gasteiger partial charge in [0.1, 0.15) is 22.9 Å². The lowest BCUT2D eigenvalue weighted by atomic mass is 10.2. The third-order valence-corrected chi connectivity index (χ3v) is 6.10. The van der Waals surface area contributed by atoms with Gasteiger partial charge in [-0.25, -0.2) is 4.98 Å². The van der Waals surface area contributed by atoms with Crippen molar-refractivity contribution >= 4 is 17.9 Å². The Bertz CT molecular complexity index is 1240. The Labute approximate surface area is 216 Å². The zero-order valence-electron chi connectivity index (χ0n) is 21.7. The number of aromatic nitrogens is 6. The number of pyridine rings is 1. The van der Waals surface area contributed by atoms with Gasteiger partial charge >= 0.3 is 0 Å². The second-order valence-electron chi connectivity index (χ2n) is 7.52. The molecule has 36 heavy (non-hydrogen) atoms. The summed E-state index contributed by atoms with van der Waals surface area (Å²) in [5, 5.41) is 13.3. The first-order valence-corrected chi connectivity index (χ1v) is 12.6. The number of aryl methyl sites for hydroxylation is 1. The first-order chi connectivity index (χ1) is 17.5. The maximum atomic E-state index is 5.66. The first kappa shape index (κ1) is 26.9. The molecular formula is C25H33N7O3S. The highest BCUT2D eigenvalue weighted by Crippen LogP contribution is 2.38. The van der Waals surface area contributed by atoms with E-state index in [1.165, 1.54) is 11.9 Å². The monoisotopic (exact) mass is 511 g/mol. The minimum Gasteiger partial charge on any atom is -0.494 e. The van der Waals surface area contributed by atoms with Crippen LogP contribution in [0, 0.1) is 6.92 Å². The molecule has 1 aromatic carbocycles. The van der Waals surface area contributed by atoms with Gasteiger partial charge in [0.15, 0.2) is 5.82 Å². The molecule has 0 spiro atoms. The van der Waals surface area contributed by atoms with Crippen molar-refractivity contribution in [2.45, 2.75) is 33.7 Å². The molecule has 1 N–H and O–H groups in total. The molecule has 1 atom stereocenters. The second kappa shape index (κ2) is 12.8. The van der Waals surface area contributed by atoms with Crippen molar-refractivity contribution in [2.24, 2.45) is 0 Å². The van der Waals surface area contributed by atoms with E-state index in [-0.39, 0.29) is 6.04 Å². The molecule has 0 amide bonds. The molecule has 0 aliphatic heterocycles. The van der Waals surface area contributed by atoms with Crippen molar-refractivity contribution in [3.63, 3.8) is 0 Å². The van der Waals surface area contributed by atoms with E-state index in [1.54, 1.807) is 27.4 Å². The van der Waals surface area contributed by atoms with Crippen LogP contribution in [0.15, 0.2) is 48.8 Å². The van der Waals surface area contributed by atoms with E-state index < -0.39 is 0 Å². The molecule has 3 heterocycles. The minimum absolute atomic E-state index is 0.183. The Hall–Kier alpha value is -3.73. The van der Waals surface area contributed by atoms with E-state index in [0.29, 0.717) is 40.5 Å². The zero-order valence-corrected chi connectivity index (χ0v) is 22.5. The summed E-state index contributed by atoms with van der Waals surface area (Å²) in [5.41, 5.74) is 2.39. The van der Waals surface area contributed by atoms with E-state index in [2.05, 4.69) is 31.9 Å². The molecular weight excluding hydrogens is 478 g/mol. The van der Waals surface area contributed by atoms with E-state index in [1.807, 2.05) is 72.7 Å². The zero-order chi connectivity index (χ0) is 26.1. The Balaban J connectivity index is 0.00000176. The van der Waals surface area contributed by atoms with Gasteiger partial charge in [0, 0.05) is 18.0 Å². The standard InChI is InChI=1S/C23H27N7O3S.C2H6/c1-15-12-24-29(13-15)16(2)14-34-28-23-27-26-22(17-8-6-11-20(25-17)33-5)30(23)21-18(31-3)9-7-10-19(21)32-4;1-2/h6-13,16H,14H2,1-5H3,(H,27,28);1-2H3. The van der Waals surface area contributed by atoms with Gasteiger partial charge in [0.05, 0.1) is 33.6 Å². The molecule has 4 aromatic rings. The van der Waals surface area contributed by atoms with Crippen molar-refractivity contribution in [1.29, 1.82) is 0 Å². The molecule has 4 rings (SSSR count). The highest BCUT2D eigenvalue weighted by Gasteiger charge is 2.23. The maximum Gasteiger partial charge on any atom is 0.239 e. The maximum absolute atomic E-state index is 5.66. The summed E-state index contributed by atoms with van der Waals surface area (Å²) in [5.74, 6) is 3.47. The number of hydrogen-bond donors (Lipinski definition) is 1. The van der Waals surface area contributed by atoms with E-state index in [9.17, 15) is 0 Å². The number of anilines is 1. The molecule has 0 saturated heterocycles. The number of benzene rings is 1. The third-order valence-electron chi connectivity index (χ3n) is 5.12. The number of nitrogens with one attached hydrogen (secondary N) is 1. The Morgan fingerprint density at radius 1 is 0.972 bits per heavy atom. The van der Waals surface area contributed by atoms with Gasteiger partial charge in [0.25, 0.3) is 0 Å². The number of hydrogen-bond acceptors (Lipinski definition) is 9. The lowest BCUT2D eigenvalue weighted by Gasteiger charge is -2.18. The summed E-state index contributed by atoms with van der Waals surface area (Å²) < 4.78 is 23.7. The molecule has 192 valence electrons. The largest absolute Gasteiger partial charge is 0.494 e. The molecule has 10 nitrogen and oxygen atoms in total. The molecule has 3 aromatic heterocycles. The molecule has 0 radical (unpaired) electrons. The van der Waals surface area contributed by atoms with Gasteiger partial charge in [-0.05, 0) is 49.6 Å². The van der Waals surface area contributed by atoms with Crippen LogP contribution in [0.1, 0.15) is 32.4 Å². The summed E-state index contributed by atoms with van der Waals surface area (Å²) in [6.45, 7) is 8.14. The van der Waals surface area contributed by atoms with Crippen LogP contribution in [0.2, 0.25) is 0 Å². The minimum atomic E-state index is 0.183. The number of methoxy groups -OCH3 is 3. The van der Waals surface area contributed by atoms with Crippen LogP contribution in [0.3, 0.4) is 0 Å². The SMILES string of the molecule is CC.COc1cccc(-c2nnc(NSCC(C)n3cc(C)cn3)n2-c2c(OC)cccc2OC)n1. The number of para-hydroxylation sites is 1. The van der Waals surface area contributed by atoms with Crippen LogP contribution in [0.25, 0.3) is 17.2 Å². The van der Waals surface area contributed by atoms with E-state index in [0.717, 1.165) is 11.3 Å². The predicted octanol–water partition coefficient (Wildman–Crippen LogP) is 5.21. The average Bonchev–Trinajstić information content (AvgIpc) is 3.55. The first-order valence-electron chi connectivity index (χ1n) is 11.6. The van der Waals surface area contributed by atoms with Gasteiger partial charge in [0.2, 0.25) is 11.8 Å². The summed E-state index contributed by atoms with van der Waals surface area (Å²) in [4.78, 5) is 4.55. The summed E-state index contributed by atoms with van der Waals surface area (Å²) in [7, 11) is 4.80. The van der Waals surface area contributed by atoms with Crippen LogP contribution < -0.4 is 18.9 Å². The lowest BCUT2D eigenvalue weighted by molar-refractivity contribution is 0.391. The summed E-state index contributed by atoms with van der Waals surface area (Å²) >= 11 is 1.51. The Morgan fingerprint density at radius 3 is 2.28 bits per heavy atom. The second-order valence-corrected chi connectivity index (χ2v) is 8.34. The van der Waals surface area contributed by atoms with Crippen LogP contribution in [-0.2, 0) is 0 Å². The number of rotatable bonds is 10. The highest BCUT2D eigenvalue weighted by molar-refractivity contribution is 8.00. The van der Waals surface area contributed by atoms with Crippen LogP contribution >= 0.6 is 11.9 Å². The van der Waals surface area contributed by atoms with E-state index >= 15 is 0 Å². The molecule has 0 aliphatic rings. The third kappa shape index (κ3) is 5.91. The molecule has 0 fully saturated rings. The van der Waals surface area contributed by atoms with Gasteiger partial charge < -0.3 is 14.2 Å². The highest BCUT2D eigenvalue weighted by atomic mass is 32.2. The summed E-state index contributed by atoms with van der Waals surface area (Å²) in [6.07, 6.45) is 3.88. The Morgan fingerprint density at radius 2 is 1.67 bits per heavy atom. The van der Waals surface area contributed by atoms with Crippen molar-refractivity contribution < 1.29 is 14.2 Å². The molecule has 1 unspecified atom stereocenters.